The number of hydrogen-bond donors (Lipinski definition) is 3. The van der Waals surface area contributed by atoms with Gasteiger partial charge in [-0.1, -0.05) is 0 Å². The fourth-order valence-electron chi connectivity index (χ4n) is 1.25. The highest BCUT2D eigenvalue weighted by atomic mass is 19.1. The van der Waals surface area contributed by atoms with Crippen LogP contribution in [0.15, 0.2) is 30.5 Å². The van der Waals surface area contributed by atoms with Crippen LogP contribution in [0.4, 0.5) is 15.9 Å². The fourth-order valence-corrected chi connectivity index (χ4v) is 1.25. The summed E-state index contributed by atoms with van der Waals surface area (Å²) in [6, 6.07) is 5.35. The smallest absolute Gasteiger partial charge is 0.201 e. The van der Waals surface area contributed by atoms with Gasteiger partial charge in [0.05, 0.1) is 0 Å². The second-order valence-corrected chi connectivity index (χ2v) is 3.33. The summed E-state index contributed by atoms with van der Waals surface area (Å²) in [4.78, 5) is 3.65. The largest absolute Gasteiger partial charge is 0.502 e. The number of halogens is 1. The molecule has 0 aliphatic heterocycles. The van der Waals surface area contributed by atoms with Crippen LogP contribution in [0.25, 0.3) is 0 Å². The van der Waals surface area contributed by atoms with Crippen molar-refractivity contribution in [3.63, 3.8) is 0 Å². The van der Waals surface area contributed by atoms with Gasteiger partial charge in [0.1, 0.15) is 0 Å². The number of aromatic nitrogens is 1. The van der Waals surface area contributed by atoms with Crippen LogP contribution in [0.5, 0.6) is 17.2 Å². The molecule has 6 heteroatoms. The van der Waals surface area contributed by atoms with Crippen molar-refractivity contribution in [2.45, 2.75) is 0 Å². The molecule has 0 bridgehead atoms. The van der Waals surface area contributed by atoms with Gasteiger partial charge in [0, 0.05) is 24.0 Å². The number of rotatable bonds is 2. The number of nitrogen functional groups attached to an aromatic ring is 2. The molecule has 0 saturated heterocycles. The Balaban J connectivity index is 2.35. The zero-order valence-electron chi connectivity index (χ0n) is 8.72. The molecule has 5 N–H and O–H groups in total. The highest BCUT2D eigenvalue weighted by molar-refractivity contribution is 5.55. The summed E-state index contributed by atoms with van der Waals surface area (Å²) in [7, 11) is 0. The van der Waals surface area contributed by atoms with Crippen molar-refractivity contribution in [1.29, 1.82) is 0 Å². The van der Waals surface area contributed by atoms with E-state index < -0.39 is 5.82 Å². The zero-order chi connectivity index (χ0) is 12.4. The molecule has 17 heavy (non-hydrogen) atoms. The van der Waals surface area contributed by atoms with Crippen LogP contribution >= 0.6 is 0 Å². The summed E-state index contributed by atoms with van der Waals surface area (Å²) >= 11 is 0. The van der Waals surface area contributed by atoms with Gasteiger partial charge in [-0.05, 0) is 12.1 Å². The van der Waals surface area contributed by atoms with Crippen molar-refractivity contribution < 1.29 is 14.2 Å². The Kier molecular flexibility index (Phi) is 2.70. The van der Waals surface area contributed by atoms with Crippen molar-refractivity contribution in [2.75, 3.05) is 11.5 Å². The number of ether oxygens (including phenoxy) is 1. The van der Waals surface area contributed by atoms with E-state index in [1.807, 2.05) is 0 Å². The van der Waals surface area contributed by atoms with E-state index in [9.17, 15) is 9.50 Å². The van der Waals surface area contributed by atoms with E-state index in [1.54, 1.807) is 0 Å². The third-order valence-corrected chi connectivity index (χ3v) is 2.09. The molecular formula is C11H10FN3O2. The van der Waals surface area contributed by atoms with E-state index in [1.165, 1.54) is 24.4 Å². The summed E-state index contributed by atoms with van der Waals surface area (Å²) in [6.07, 6.45) is 1.35. The molecule has 5 nitrogen and oxygen atoms in total. The van der Waals surface area contributed by atoms with Crippen molar-refractivity contribution in [3.8, 4) is 17.2 Å². The Hall–Kier alpha value is -2.50. The molecule has 88 valence electrons. The molecule has 0 unspecified atom stereocenters. The molecule has 1 aromatic carbocycles. The Labute approximate surface area is 96.5 Å². The van der Waals surface area contributed by atoms with E-state index in [0.717, 1.165) is 6.07 Å². The number of nitrogens with two attached hydrogens (primary N) is 2. The van der Waals surface area contributed by atoms with Gasteiger partial charge < -0.3 is 21.3 Å². The number of benzene rings is 1. The van der Waals surface area contributed by atoms with E-state index in [0.29, 0.717) is 0 Å². The molecule has 0 aliphatic rings. The molecule has 1 heterocycles. The maximum atomic E-state index is 13.4. The van der Waals surface area contributed by atoms with Gasteiger partial charge in [0.25, 0.3) is 0 Å². The summed E-state index contributed by atoms with van der Waals surface area (Å²) in [5.41, 5.74) is 11.1. The van der Waals surface area contributed by atoms with Crippen molar-refractivity contribution in [3.05, 3.63) is 36.3 Å². The monoisotopic (exact) mass is 235 g/mol. The van der Waals surface area contributed by atoms with Gasteiger partial charge in [0.15, 0.2) is 23.1 Å². The molecule has 0 spiro atoms. The maximum Gasteiger partial charge on any atom is 0.201 e. The molecule has 0 saturated carbocycles. The average Bonchev–Trinajstić information content (AvgIpc) is 2.28. The minimum atomic E-state index is -0.625. The third-order valence-electron chi connectivity index (χ3n) is 2.09. The number of pyridine rings is 1. The normalized spacial score (nSPS) is 10.2. The zero-order valence-corrected chi connectivity index (χ0v) is 8.72. The molecule has 0 aliphatic carbocycles. The summed E-state index contributed by atoms with van der Waals surface area (Å²) in [5, 5.41) is 9.54. The second kappa shape index (κ2) is 4.17. The maximum absolute atomic E-state index is 13.4. The Morgan fingerprint density at radius 3 is 2.65 bits per heavy atom. The minimum Gasteiger partial charge on any atom is -0.502 e. The molecular weight excluding hydrogens is 225 g/mol. The SMILES string of the molecule is Nc1ccc(Oc2ccnc(N)c2O)c(F)c1. The first-order valence-electron chi connectivity index (χ1n) is 4.74. The lowest BCUT2D eigenvalue weighted by molar-refractivity contribution is 0.396. The van der Waals surface area contributed by atoms with Crippen LogP contribution in [0, 0.1) is 5.82 Å². The minimum absolute atomic E-state index is 0.0289. The van der Waals surface area contributed by atoms with E-state index in [2.05, 4.69) is 4.98 Å². The van der Waals surface area contributed by atoms with Gasteiger partial charge in [0.2, 0.25) is 5.75 Å². The molecule has 0 amide bonds. The van der Waals surface area contributed by atoms with Gasteiger partial charge >= 0.3 is 0 Å². The quantitative estimate of drug-likeness (QED) is 0.691. The summed E-state index contributed by atoms with van der Waals surface area (Å²) in [6.45, 7) is 0. The number of nitrogens with zero attached hydrogens (tertiary/aromatic N) is 1. The second-order valence-electron chi connectivity index (χ2n) is 3.33. The van der Waals surface area contributed by atoms with Crippen LogP contribution in [-0.2, 0) is 0 Å². The number of hydrogen-bond acceptors (Lipinski definition) is 5. The summed E-state index contributed by atoms with van der Waals surface area (Å²) < 4.78 is 18.6. The predicted molar refractivity (Wildman–Crippen MR) is 61.2 cm³/mol. The van der Waals surface area contributed by atoms with Crippen LogP contribution < -0.4 is 16.2 Å². The Morgan fingerprint density at radius 2 is 1.94 bits per heavy atom. The lowest BCUT2D eigenvalue weighted by Gasteiger charge is -2.09. The number of aromatic hydroxyl groups is 1. The molecule has 0 atom stereocenters. The van der Waals surface area contributed by atoms with Crippen LogP contribution in [0.2, 0.25) is 0 Å². The van der Waals surface area contributed by atoms with Crippen molar-refractivity contribution >= 4 is 11.5 Å². The molecule has 1 aromatic heterocycles. The van der Waals surface area contributed by atoms with Crippen LogP contribution in [0.1, 0.15) is 0 Å². The average molecular weight is 235 g/mol. The third kappa shape index (κ3) is 2.20. The van der Waals surface area contributed by atoms with Crippen LogP contribution in [0.3, 0.4) is 0 Å². The Bertz CT molecular complexity index is 560. The topological polar surface area (TPSA) is 94.4 Å². The first-order chi connectivity index (χ1) is 8.08. The predicted octanol–water partition coefficient (Wildman–Crippen LogP) is 1.88. The standard InChI is InChI=1S/C11H10FN3O2/c12-7-5-6(13)1-2-8(7)17-9-3-4-15-11(14)10(9)16/h1-5,16H,13H2,(H2,14,15). The molecule has 2 rings (SSSR count). The number of anilines is 2. The van der Waals surface area contributed by atoms with Gasteiger partial charge in [-0.25, -0.2) is 9.37 Å². The molecule has 0 fully saturated rings. The first kappa shape index (κ1) is 11.0. The van der Waals surface area contributed by atoms with Crippen LogP contribution in [-0.4, -0.2) is 10.1 Å². The lowest BCUT2D eigenvalue weighted by atomic mass is 10.3. The van der Waals surface area contributed by atoms with Gasteiger partial charge in [-0.3, -0.25) is 0 Å². The van der Waals surface area contributed by atoms with Gasteiger partial charge in [-0.2, -0.15) is 0 Å². The summed E-state index contributed by atoms with van der Waals surface area (Å²) in [5.74, 6) is -1.07. The Morgan fingerprint density at radius 1 is 1.18 bits per heavy atom. The van der Waals surface area contributed by atoms with Crippen molar-refractivity contribution in [2.24, 2.45) is 0 Å². The lowest BCUT2D eigenvalue weighted by Crippen LogP contribution is -1.95. The van der Waals surface area contributed by atoms with E-state index in [-0.39, 0.29) is 28.8 Å². The van der Waals surface area contributed by atoms with Gasteiger partial charge in [-0.15, -0.1) is 0 Å². The first-order valence-corrected chi connectivity index (χ1v) is 4.74. The van der Waals surface area contributed by atoms with E-state index >= 15 is 0 Å². The fraction of sp³-hybridized carbons (Fsp3) is 0. The highest BCUT2D eigenvalue weighted by Gasteiger charge is 2.10. The molecule has 0 radical (unpaired) electrons. The molecule has 2 aromatic rings. The van der Waals surface area contributed by atoms with Crippen molar-refractivity contribution in [1.82, 2.24) is 4.98 Å². The highest BCUT2D eigenvalue weighted by Crippen LogP contribution is 2.34. The van der Waals surface area contributed by atoms with E-state index in [4.69, 9.17) is 16.2 Å².